The van der Waals surface area contributed by atoms with Gasteiger partial charge in [-0.2, -0.15) is 0 Å². The lowest BCUT2D eigenvalue weighted by Gasteiger charge is -2.35. The molecule has 0 aliphatic carbocycles. The van der Waals surface area contributed by atoms with Crippen LogP contribution in [0.15, 0.2) is 72.8 Å². The summed E-state index contributed by atoms with van der Waals surface area (Å²) >= 11 is 0. The van der Waals surface area contributed by atoms with Crippen LogP contribution in [0.2, 0.25) is 0 Å². The first-order valence-corrected chi connectivity index (χ1v) is 10.9. The van der Waals surface area contributed by atoms with Gasteiger partial charge in [0, 0.05) is 43.0 Å². The first-order chi connectivity index (χ1) is 16.0. The van der Waals surface area contributed by atoms with Crippen LogP contribution in [-0.4, -0.2) is 30.9 Å². The molecule has 0 aromatic heterocycles. The third kappa shape index (κ3) is 5.74. The molecule has 2 N–H and O–H groups in total. The minimum Gasteiger partial charge on any atom is -0.371 e. The average molecular weight is 450 g/mol. The van der Waals surface area contributed by atoms with Crippen LogP contribution in [0.4, 0.5) is 14.5 Å². The number of nitrogens with one attached hydrogen (secondary N) is 2. The molecule has 0 atom stereocenters. The van der Waals surface area contributed by atoms with Gasteiger partial charge in [-0.05, 0) is 42.7 Å². The molecule has 1 saturated heterocycles. The van der Waals surface area contributed by atoms with Gasteiger partial charge < -0.3 is 15.5 Å². The van der Waals surface area contributed by atoms with Crippen molar-refractivity contribution in [3.05, 3.63) is 101 Å². The highest BCUT2D eigenvalue weighted by atomic mass is 19.1. The SMILES string of the molecule is O=C(NC1CCN(c2ccccc2C(=O)NCc2ccccc2)CC1)c1cc(F)cc(F)c1. The number of carbonyl (C=O) groups excluding carboxylic acids is 2. The van der Waals surface area contributed by atoms with Crippen molar-refractivity contribution in [2.45, 2.75) is 25.4 Å². The summed E-state index contributed by atoms with van der Waals surface area (Å²) in [6, 6.07) is 19.9. The summed E-state index contributed by atoms with van der Waals surface area (Å²) in [5.74, 6) is -2.19. The molecular formula is C26H25F2N3O2. The van der Waals surface area contributed by atoms with Gasteiger partial charge in [0.1, 0.15) is 11.6 Å². The van der Waals surface area contributed by atoms with Crippen LogP contribution in [0.25, 0.3) is 0 Å². The van der Waals surface area contributed by atoms with Gasteiger partial charge in [0.15, 0.2) is 0 Å². The van der Waals surface area contributed by atoms with Crippen molar-refractivity contribution in [2.24, 2.45) is 0 Å². The Balaban J connectivity index is 1.36. The lowest BCUT2D eigenvalue weighted by molar-refractivity contribution is 0.0928. The fourth-order valence-corrected chi connectivity index (χ4v) is 4.03. The second-order valence-corrected chi connectivity index (χ2v) is 8.08. The van der Waals surface area contributed by atoms with Crippen LogP contribution in [0.1, 0.15) is 39.1 Å². The van der Waals surface area contributed by atoms with Gasteiger partial charge in [0.05, 0.1) is 5.56 Å². The van der Waals surface area contributed by atoms with E-state index in [1.807, 2.05) is 54.6 Å². The minimum absolute atomic E-state index is 0.0321. The number of piperidine rings is 1. The van der Waals surface area contributed by atoms with Crippen molar-refractivity contribution >= 4 is 17.5 Å². The topological polar surface area (TPSA) is 61.4 Å². The van der Waals surface area contributed by atoms with Crippen molar-refractivity contribution in [2.75, 3.05) is 18.0 Å². The largest absolute Gasteiger partial charge is 0.371 e. The molecule has 4 rings (SSSR count). The Labute approximate surface area is 191 Å². The Hall–Kier alpha value is -3.74. The molecule has 1 aliphatic rings. The van der Waals surface area contributed by atoms with Crippen LogP contribution in [0.3, 0.4) is 0 Å². The number of benzene rings is 3. The van der Waals surface area contributed by atoms with Gasteiger partial charge in [-0.25, -0.2) is 8.78 Å². The Kier molecular flexibility index (Phi) is 6.98. The molecule has 5 nitrogen and oxygen atoms in total. The van der Waals surface area contributed by atoms with E-state index >= 15 is 0 Å². The zero-order chi connectivity index (χ0) is 23.2. The molecule has 33 heavy (non-hydrogen) atoms. The van der Waals surface area contributed by atoms with Gasteiger partial charge in [-0.15, -0.1) is 0 Å². The molecule has 3 aromatic rings. The number of hydrogen-bond acceptors (Lipinski definition) is 3. The third-order valence-electron chi connectivity index (χ3n) is 5.74. The fraction of sp³-hybridized carbons (Fsp3) is 0.231. The van der Waals surface area contributed by atoms with E-state index in [-0.39, 0.29) is 17.5 Å². The number of anilines is 1. The smallest absolute Gasteiger partial charge is 0.253 e. The van der Waals surface area contributed by atoms with E-state index in [9.17, 15) is 18.4 Å². The molecule has 0 bridgehead atoms. The third-order valence-corrected chi connectivity index (χ3v) is 5.74. The van der Waals surface area contributed by atoms with Crippen LogP contribution < -0.4 is 15.5 Å². The van der Waals surface area contributed by atoms with Crippen LogP contribution in [0.5, 0.6) is 0 Å². The van der Waals surface area contributed by atoms with Gasteiger partial charge >= 0.3 is 0 Å². The Morgan fingerprint density at radius 1 is 0.848 bits per heavy atom. The summed E-state index contributed by atoms with van der Waals surface area (Å²) in [7, 11) is 0. The minimum atomic E-state index is -0.780. The van der Waals surface area contributed by atoms with Crippen molar-refractivity contribution in [1.29, 1.82) is 0 Å². The Bertz CT molecular complexity index is 1110. The maximum Gasteiger partial charge on any atom is 0.253 e. The average Bonchev–Trinajstić information content (AvgIpc) is 2.83. The highest BCUT2D eigenvalue weighted by Crippen LogP contribution is 2.24. The van der Waals surface area contributed by atoms with Gasteiger partial charge in [0.2, 0.25) is 0 Å². The first-order valence-electron chi connectivity index (χ1n) is 10.9. The molecular weight excluding hydrogens is 424 g/mol. The molecule has 170 valence electrons. The number of carbonyl (C=O) groups is 2. The van der Waals surface area contributed by atoms with Crippen molar-refractivity contribution in [3.63, 3.8) is 0 Å². The number of hydrogen-bond donors (Lipinski definition) is 2. The molecule has 7 heteroatoms. The van der Waals surface area contributed by atoms with E-state index < -0.39 is 17.5 Å². The highest BCUT2D eigenvalue weighted by molar-refractivity contribution is 5.99. The van der Waals surface area contributed by atoms with Crippen molar-refractivity contribution in [3.8, 4) is 0 Å². The van der Waals surface area contributed by atoms with Gasteiger partial charge in [-0.1, -0.05) is 42.5 Å². The maximum absolute atomic E-state index is 13.4. The molecule has 0 spiro atoms. The molecule has 1 fully saturated rings. The zero-order valence-corrected chi connectivity index (χ0v) is 18.1. The monoisotopic (exact) mass is 449 g/mol. The number of para-hydroxylation sites is 1. The second kappa shape index (κ2) is 10.3. The van der Waals surface area contributed by atoms with Crippen molar-refractivity contribution < 1.29 is 18.4 Å². The number of halogens is 2. The standard InChI is InChI=1S/C26H25F2N3O2/c27-20-14-19(15-21(28)16-20)25(32)30-22-10-12-31(13-11-22)24-9-5-4-8-23(24)26(33)29-17-18-6-2-1-3-7-18/h1-9,14-16,22H,10-13,17H2,(H,29,33)(H,30,32). The summed E-state index contributed by atoms with van der Waals surface area (Å²) in [5, 5.41) is 5.83. The molecule has 0 saturated carbocycles. The van der Waals surface area contributed by atoms with E-state index in [0.29, 0.717) is 38.0 Å². The number of amides is 2. The zero-order valence-electron chi connectivity index (χ0n) is 18.1. The van der Waals surface area contributed by atoms with Crippen LogP contribution >= 0.6 is 0 Å². The summed E-state index contributed by atoms with van der Waals surface area (Å²) in [6.07, 6.45) is 1.31. The van der Waals surface area contributed by atoms with E-state index in [0.717, 1.165) is 29.4 Å². The first kappa shape index (κ1) is 22.5. The van der Waals surface area contributed by atoms with Gasteiger partial charge in [-0.3, -0.25) is 9.59 Å². The quantitative estimate of drug-likeness (QED) is 0.590. The predicted molar refractivity (Wildman–Crippen MR) is 123 cm³/mol. The molecule has 0 radical (unpaired) electrons. The lowest BCUT2D eigenvalue weighted by atomic mass is 10.0. The molecule has 3 aromatic carbocycles. The predicted octanol–water partition coefficient (Wildman–Crippen LogP) is 4.29. The van der Waals surface area contributed by atoms with E-state index in [1.165, 1.54) is 0 Å². The lowest BCUT2D eigenvalue weighted by Crippen LogP contribution is -2.45. The fourth-order valence-electron chi connectivity index (χ4n) is 4.03. The maximum atomic E-state index is 13.4. The molecule has 0 unspecified atom stereocenters. The summed E-state index contributed by atoms with van der Waals surface area (Å²) < 4.78 is 26.8. The summed E-state index contributed by atoms with van der Waals surface area (Å²) in [5.41, 5.74) is 2.44. The Morgan fingerprint density at radius 3 is 2.18 bits per heavy atom. The van der Waals surface area contributed by atoms with Crippen LogP contribution in [0, 0.1) is 11.6 Å². The molecule has 2 amide bonds. The Morgan fingerprint density at radius 2 is 1.48 bits per heavy atom. The number of nitrogens with zero attached hydrogens (tertiary/aromatic N) is 1. The normalized spacial score (nSPS) is 14.1. The van der Waals surface area contributed by atoms with E-state index in [4.69, 9.17) is 0 Å². The number of rotatable bonds is 6. The summed E-state index contributed by atoms with van der Waals surface area (Å²) in [6.45, 7) is 1.74. The molecule has 1 aliphatic heterocycles. The summed E-state index contributed by atoms with van der Waals surface area (Å²) in [4.78, 5) is 27.4. The molecule has 1 heterocycles. The highest BCUT2D eigenvalue weighted by Gasteiger charge is 2.24. The van der Waals surface area contributed by atoms with Crippen LogP contribution in [-0.2, 0) is 6.54 Å². The van der Waals surface area contributed by atoms with Gasteiger partial charge in [0.25, 0.3) is 11.8 Å². The van der Waals surface area contributed by atoms with E-state index in [1.54, 1.807) is 0 Å². The van der Waals surface area contributed by atoms with Crippen molar-refractivity contribution in [1.82, 2.24) is 10.6 Å². The van der Waals surface area contributed by atoms with E-state index in [2.05, 4.69) is 15.5 Å². The second-order valence-electron chi connectivity index (χ2n) is 8.08.